The molecule has 0 heterocycles. The molecule has 1 saturated carbocycles. The molecule has 0 spiro atoms. The third kappa shape index (κ3) is 1.44. The summed E-state index contributed by atoms with van der Waals surface area (Å²) in [7, 11) is 0. The van der Waals surface area contributed by atoms with Crippen LogP contribution in [0.2, 0.25) is 0 Å². The summed E-state index contributed by atoms with van der Waals surface area (Å²) in [5, 5.41) is 19.0. The summed E-state index contributed by atoms with van der Waals surface area (Å²) >= 11 is 0. The molecule has 2 rings (SSSR count). The molecule has 0 radical (unpaired) electrons. The maximum atomic E-state index is 9.69. The van der Waals surface area contributed by atoms with Gasteiger partial charge in [-0.25, -0.2) is 0 Å². The van der Waals surface area contributed by atoms with Gasteiger partial charge in [-0.3, -0.25) is 0 Å². The first-order chi connectivity index (χ1) is 6.68. The first kappa shape index (κ1) is 9.34. The van der Waals surface area contributed by atoms with Crippen LogP contribution in [0.15, 0.2) is 18.2 Å². The number of phenolic OH excluding ortho intramolecular Hbond substituents is 2. The monoisotopic (exact) mass is 193 g/mol. The molecule has 0 amide bonds. The molecule has 0 unspecified atom stereocenters. The van der Waals surface area contributed by atoms with Crippen molar-refractivity contribution in [2.75, 3.05) is 6.54 Å². The van der Waals surface area contributed by atoms with Gasteiger partial charge in [0.25, 0.3) is 0 Å². The standard InChI is InChI=1S/C11H15NO2/c12-6-5-11(3-4-11)9-7-8(13)1-2-10(9)14/h1-2,7,13-14H,3-6,12H2. The van der Waals surface area contributed by atoms with Crippen LogP contribution in [0.3, 0.4) is 0 Å². The third-order valence-corrected chi connectivity index (χ3v) is 3.03. The SMILES string of the molecule is NCCC1(c2cc(O)ccc2O)CC1. The highest BCUT2D eigenvalue weighted by Gasteiger charge is 2.45. The first-order valence-corrected chi connectivity index (χ1v) is 4.90. The van der Waals surface area contributed by atoms with Crippen LogP contribution in [0, 0.1) is 0 Å². The van der Waals surface area contributed by atoms with Gasteiger partial charge < -0.3 is 15.9 Å². The lowest BCUT2D eigenvalue weighted by molar-refractivity contribution is 0.442. The third-order valence-electron chi connectivity index (χ3n) is 3.03. The summed E-state index contributed by atoms with van der Waals surface area (Å²) in [6, 6.07) is 4.69. The van der Waals surface area contributed by atoms with Gasteiger partial charge in [-0.15, -0.1) is 0 Å². The molecule has 1 aliphatic carbocycles. The Bertz CT molecular complexity index is 345. The molecular weight excluding hydrogens is 178 g/mol. The van der Waals surface area contributed by atoms with E-state index >= 15 is 0 Å². The van der Waals surface area contributed by atoms with Crippen molar-refractivity contribution in [2.24, 2.45) is 5.73 Å². The zero-order valence-electron chi connectivity index (χ0n) is 8.03. The van der Waals surface area contributed by atoms with Crippen molar-refractivity contribution in [3.8, 4) is 11.5 Å². The summed E-state index contributed by atoms with van der Waals surface area (Å²) < 4.78 is 0. The fourth-order valence-electron chi connectivity index (χ4n) is 2.03. The van der Waals surface area contributed by atoms with Crippen LogP contribution < -0.4 is 5.73 Å². The van der Waals surface area contributed by atoms with Gasteiger partial charge in [0, 0.05) is 11.0 Å². The predicted molar refractivity (Wildman–Crippen MR) is 54.4 cm³/mol. The maximum Gasteiger partial charge on any atom is 0.119 e. The van der Waals surface area contributed by atoms with E-state index in [9.17, 15) is 10.2 Å². The molecule has 0 aliphatic heterocycles. The molecule has 0 aromatic heterocycles. The number of rotatable bonds is 3. The second kappa shape index (κ2) is 3.17. The van der Waals surface area contributed by atoms with Crippen LogP contribution in [-0.2, 0) is 5.41 Å². The molecular formula is C11H15NO2. The van der Waals surface area contributed by atoms with E-state index in [2.05, 4.69) is 0 Å². The van der Waals surface area contributed by atoms with Gasteiger partial charge in [0.15, 0.2) is 0 Å². The minimum atomic E-state index is 0.0393. The summed E-state index contributed by atoms with van der Waals surface area (Å²) in [6.07, 6.45) is 2.99. The van der Waals surface area contributed by atoms with Crippen molar-refractivity contribution in [3.63, 3.8) is 0 Å². The van der Waals surface area contributed by atoms with E-state index in [1.807, 2.05) is 0 Å². The van der Waals surface area contributed by atoms with E-state index in [-0.39, 0.29) is 16.9 Å². The lowest BCUT2D eigenvalue weighted by atomic mass is 9.91. The Morgan fingerprint density at radius 1 is 1.29 bits per heavy atom. The number of aromatic hydroxyl groups is 2. The minimum Gasteiger partial charge on any atom is -0.508 e. The van der Waals surface area contributed by atoms with Crippen molar-refractivity contribution in [1.29, 1.82) is 0 Å². The van der Waals surface area contributed by atoms with Gasteiger partial charge in [-0.2, -0.15) is 0 Å². The lowest BCUT2D eigenvalue weighted by Crippen LogP contribution is -2.13. The molecule has 4 N–H and O–H groups in total. The quantitative estimate of drug-likeness (QED) is 0.637. The van der Waals surface area contributed by atoms with Crippen LogP contribution in [-0.4, -0.2) is 16.8 Å². The predicted octanol–water partition coefficient (Wildman–Crippen LogP) is 1.48. The largest absolute Gasteiger partial charge is 0.508 e. The average molecular weight is 193 g/mol. The second-order valence-electron chi connectivity index (χ2n) is 4.02. The van der Waals surface area contributed by atoms with Crippen LogP contribution in [0.25, 0.3) is 0 Å². The van der Waals surface area contributed by atoms with Crippen molar-refractivity contribution < 1.29 is 10.2 Å². The Morgan fingerprint density at radius 3 is 2.57 bits per heavy atom. The molecule has 1 aromatic carbocycles. The second-order valence-corrected chi connectivity index (χ2v) is 4.02. The molecule has 1 fully saturated rings. The Morgan fingerprint density at radius 2 is 2.00 bits per heavy atom. The number of hydrogen-bond donors (Lipinski definition) is 3. The minimum absolute atomic E-state index is 0.0393. The van der Waals surface area contributed by atoms with Gasteiger partial charge in [-0.05, 0) is 44.0 Å². The zero-order chi connectivity index (χ0) is 10.2. The van der Waals surface area contributed by atoms with Crippen LogP contribution >= 0.6 is 0 Å². The molecule has 3 nitrogen and oxygen atoms in total. The number of nitrogens with two attached hydrogens (primary N) is 1. The van der Waals surface area contributed by atoms with E-state index in [0.29, 0.717) is 6.54 Å². The van der Waals surface area contributed by atoms with E-state index in [0.717, 1.165) is 24.8 Å². The van der Waals surface area contributed by atoms with Crippen LogP contribution in [0.4, 0.5) is 0 Å². The normalized spacial score (nSPS) is 18.1. The van der Waals surface area contributed by atoms with E-state index in [1.165, 1.54) is 6.07 Å². The molecule has 0 saturated heterocycles. The van der Waals surface area contributed by atoms with Gasteiger partial charge in [0.05, 0.1) is 0 Å². The summed E-state index contributed by atoms with van der Waals surface area (Å²) in [5.74, 6) is 0.481. The summed E-state index contributed by atoms with van der Waals surface area (Å²) in [4.78, 5) is 0. The van der Waals surface area contributed by atoms with Gasteiger partial charge >= 0.3 is 0 Å². The number of phenols is 2. The van der Waals surface area contributed by atoms with Gasteiger partial charge in [-0.1, -0.05) is 0 Å². The number of benzene rings is 1. The first-order valence-electron chi connectivity index (χ1n) is 4.90. The molecule has 1 aliphatic rings. The lowest BCUT2D eigenvalue weighted by Gasteiger charge is -2.16. The van der Waals surface area contributed by atoms with Crippen molar-refractivity contribution in [2.45, 2.75) is 24.7 Å². The highest BCUT2D eigenvalue weighted by atomic mass is 16.3. The summed E-state index contributed by atoms with van der Waals surface area (Å²) in [6.45, 7) is 0.620. The molecule has 1 aromatic rings. The van der Waals surface area contributed by atoms with E-state index < -0.39 is 0 Å². The van der Waals surface area contributed by atoms with Crippen molar-refractivity contribution in [3.05, 3.63) is 23.8 Å². The van der Waals surface area contributed by atoms with E-state index in [4.69, 9.17) is 5.73 Å². The van der Waals surface area contributed by atoms with Crippen molar-refractivity contribution >= 4 is 0 Å². The summed E-state index contributed by atoms with van der Waals surface area (Å²) in [5.41, 5.74) is 6.43. The Balaban J connectivity index is 2.35. The van der Waals surface area contributed by atoms with Gasteiger partial charge in [0.2, 0.25) is 0 Å². The smallest absolute Gasteiger partial charge is 0.119 e. The van der Waals surface area contributed by atoms with Crippen molar-refractivity contribution in [1.82, 2.24) is 0 Å². The average Bonchev–Trinajstić information content (AvgIpc) is 2.91. The Labute approximate surface area is 83.2 Å². The Kier molecular flexibility index (Phi) is 2.11. The van der Waals surface area contributed by atoms with Crippen LogP contribution in [0.5, 0.6) is 11.5 Å². The Hall–Kier alpha value is -1.22. The topological polar surface area (TPSA) is 66.5 Å². The number of hydrogen-bond acceptors (Lipinski definition) is 3. The van der Waals surface area contributed by atoms with Crippen LogP contribution in [0.1, 0.15) is 24.8 Å². The highest BCUT2D eigenvalue weighted by Crippen LogP contribution is 2.53. The molecule has 14 heavy (non-hydrogen) atoms. The molecule has 0 bridgehead atoms. The van der Waals surface area contributed by atoms with Gasteiger partial charge in [0.1, 0.15) is 11.5 Å². The fourth-order valence-corrected chi connectivity index (χ4v) is 2.03. The molecule has 3 heteroatoms. The fraction of sp³-hybridized carbons (Fsp3) is 0.455. The highest BCUT2D eigenvalue weighted by molar-refractivity contribution is 5.46. The molecule has 0 atom stereocenters. The maximum absolute atomic E-state index is 9.69. The zero-order valence-corrected chi connectivity index (χ0v) is 8.03. The molecule has 76 valence electrons. The van der Waals surface area contributed by atoms with E-state index in [1.54, 1.807) is 12.1 Å².